The SMILES string of the molecule is COc1ccc(COCCCCCCNC(C)(C)C)cc1. The Balaban J connectivity index is 1.94. The van der Waals surface area contributed by atoms with Crippen molar-refractivity contribution in [2.24, 2.45) is 0 Å². The molecule has 21 heavy (non-hydrogen) atoms. The van der Waals surface area contributed by atoms with Crippen LogP contribution in [0.25, 0.3) is 0 Å². The van der Waals surface area contributed by atoms with Crippen LogP contribution in [0.2, 0.25) is 0 Å². The molecule has 1 rings (SSSR count). The van der Waals surface area contributed by atoms with E-state index in [-0.39, 0.29) is 5.54 Å². The topological polar surface area (TPSA) is 30.5 Å². The molecule has 1 N–H and O–H groups in total. The lowest BCUT2D eigenvalue weighted by Crippen LogP contribution is -2.36. The summed E-state index contributed by atoms with van der Waals surface area (Å²) in [6, 6.07) is 8.05. The number of rotatable bonds is 10. The van der Waals surface area contributed by atoms with Crippen LogP contribution in [0.4, 0.5) is 0 Å². The van der Waals surface area contributed by atoms with Crippen molar-refractivity contribution in [3.63, 3.8) is 0 Å². The van der Waals surface area contributed by atoms with Gasteiger partial charge in [-0.2, -0.15) is 0 Å². The lowest BCUT2D eigenvalue weighted by Gasteiger charge is -2.20. The van der Waals surface area contributed by atoms with Crippen molar-refractivity contribution in [2.75, 3.05) is 20.3 Å². The van der Waals surface area contributed by atoms with Crippen LogP contribution >= 0.6 is 0 Å². The first-order valence-electron chi connectivity index (χ1n) is 7.97. The first kappa shape index (κ1) is 18.0. The minimum atomic E-state index is 0.238. The van der Waals surface area contributed by atoms with Crippen LogP contribution in [-0.4, -0.2) is 25.8 Å². The summed E-state index contributed by atoms with van der Waals surface area (Å²) in [5.41, 5.74) is 1.44. The van der Waals surface area contributed by atoms with Crippen LogP contribution in [0.1, 0.15) is 52.0 Å². The van der Waals surface area contributed by atoms with Crippen molar-refractivity contribution >= 4 is 0 Å². The smallest absolute Gasteiger partial charge is 0.118 e. The molecule has 0 unspecified atom stereocenters. The fourth-order valence-corrected chi connectivity index (χ4v) is 2.06. The van der Waals surface area contributed by atoms with Crippen molar-refractivity contribution in [1.29, 1.82) is 0 Å². The number of hydrogen-bond acceptors (Lipinski definition) is 3. The van der Waals surface area contributed by atoms with Gasteiger partial charge in [0.1, 0.15) is 5.75 Å². The molecule has 0 spiro atoms. The van der Waals surface area contributed by atoms with Gasteiger partial charge in [-0.1, -0.05) is 25.0 Å². The Morgan fingerprint density at radius 3 is 2.24 bits per heavy atom. The number of ether oxygens (including phenoxy) is 2. The Hall–Kier alpha value is -1.06. The molecule has 0 aliphatic rings. The van der Waals surface area contributed by atoms with Crippen molar-refractivity contribution < 1.29 is 9.47 Å². The minimum absolute atomic E-state index is 0.238. The van der Waals surface area contributed by atoms with E-state index in [1.54, 1.807) is 7.11 Å². The van der Waals surface area contributed by atoms with Crippen molar-refractivity contribution in [3.8, 4) is 5.75 Å². The maximum Gasteiger partial charge on any atom is 0.118 e. The molecule has 3 nitrogen and oxygen atoms in total. The Morgan fingerprint density at radius 2 is 1.62 bits per heavy atom. The predicted octanol–water partition coefficient (Wildman–Crippen LogP) is 4.16. The van der Waals surface area contributed by atoms with Gasteiger partial charge >= 0.3 is 0 Å². The second-order valence-electron chi connectivity index (χ2n) is 6.49. The largest absolute Gasteiger partial charge is 0.497 e. The second kappa shape index (κ2) is 9.80. The van der Waals surface area contributed by atoms with E-state index in [4.69, 9.17) is 9.47 Å². The molecule has 1 aromatic rings. The number of methoxy groups -OCH3 is 1. The molecule has 120 valence electrons. The van der Waals surface area contributed by atoms with E-state index in [2.05, 4.69) is 38.2 Å². The van der Waals surface area contributed by atoms with Gasteiger partial charge in [0, 0.05) is 12.1 Å². The first-order valence-corrected chi connectivity index (χ1v) is 7.97. The van der Waals surface area contributed by atoms with Crippen LogP contribution in [0, 0.1) is 0 Å². The summed E-state index contributed by atoms with van der Waals surface area (Å²) >= 11 is 0. The maximum atomic E-state index is 5.70. The van der Waals surface area contributed by atoms with Crippen LogP contribution in [-0.2, 0) is 11.3 Å². The van der Waals surface area contributed by atoms with E-state index in [1.165, 1.54) is 24.8 Å². The standard InChI is InChI=1S/C18H31NO2/c1-18(2,3)19-13-7-5-6-8-14-21-15-16-9-11-17(20-4)12-10-16/h9-12,19H,5-8,13-15H2,1-4H3. The van der Waals surface area contributed by atoms with Crippen molar-refractivity contribution in [3.05, 3.63) is 29.8 Å². The highest BCUT2D eigenvalue weighted by Crippen LogP contribution is 2.12. The van der Waals surface area contributed by atoms with Gasteiger partial charge in [-0.15, -0.1) is 0 Å². The molecule has 1 aromatic carbocycles. The van der Waals surface area contributed by atoms with Crippen LogP contribution in [0.5, 0.6) is 5.75 Å². The zero-order valence-electron chi connectivity index (χ0n) is 14.1. The lowest BCUT2D eigenvalue weighted by atomic mass is 10.1. The average molecular weight is 293 g/mol. The Morgan fingerprint density at radius 1 is 0.952 bits per heavy atom. The summed E-state index contributed by atoms with van der Waals surface area (Å²) in [5, 5.41) is 3.51. The van der Waals surface area contributed by atoms with E-state index >= 15 is 0 Å². The molecule has 0 fully saturated rings. The van der Waals surface area contributed by atoms with Gasteiger partial charge < -0.3 is 14.8 Å². The molecule has 0 aromatic heterocycles. The first-order chi connectivity index (χ1) is 10.0. The van der Waals surface area contributed by atoms with E-state index in [0.717, 1.165) is 25.3 Å². The summed E-state index contributed by atoms with van der Waals surface area (Å²) in [6.45, 7) is 9.27. The average Bonchev–Trinajstić information content (AvgIpc) is 2.45. The fourth-order valence-electron chi connectivity index (χ4n) is 2.06. The molecular weight excluding hydrogens is 262 g/mol. The summed E-state index contributed by atoms with van der Waals surface area (Å²) in [7, 11) is 1.68. The highest BCUT2D eigenvalue weighted by molar-refractivity contribution is 5.26. The molecule has 0 amide bonds. The van der Waals surface area contributed by atoms with E-state index in [9.17, 15) is 0 Å². The monoisotopic (exact) mass is 293 g/mol. The molecule has 0 saturated heterocycles. The zero-order chi connectivity index (χ0) is 15.6. The van der Waals surface area contributed by atoms with Gasteiger partial charge in [-0.05, 0) is 57.9 Å². The molecule has 0 atom stereocenters. The lowest BCUT2D eigenvalue weighted by molar-refractivity contribution is 0.116. The quantitative estimate of drug-likeness (QED) is 0.657. The third-order valence-electron chi connectivity index (χ3n) is 3.30. The zero-order valence-corrected chi connectivity index (χ0v) is 14.1. The normalized spacial score (nSPS) is 11.6. The fraction of sp³-hybridized carbons (Fsp3) is 0.667. The van der Waals surface area contributed by atoms with Crippen molar-refractivity contribution in [1.82, 2.24) is 5.32 Å². The Kier molecular flexibility index (Phi) is 8.40. The van der Waals surface area contributed by atoms with Crippen LogP contribution < -0.4 is 10.1 Å². The highest BCUT2D eigenvalue weighted by atomic mass is 16.5. The summed E-state index contributed by atoms with van der Waals surface area (Å²) in [4.78, 5) is 0. The van der Waals surface area contributed by atoms with Crippen molar-refractivity contribution in [2.45, 2.75) is 58.6 Å². The molecule has 0 saturated carbocycles. The molecule has 0 aliphatic carbocycles. The number of nitrogens with one attached hydrogen (secondary N) is 1. The van der Waals surface area contributed by atoms with E-state index in [0.29, 0.717) is 6.61 Å². The summed E-state index contributed by atoms with van der Waals surface area (Å²) in [5.74, 6) is 0.891. The molecule has 0 aliphatic heterocycles. The molecule has 0 bridgehead atoms. The van der Waals surface area contributed by atoms with Gasteiger partial charge in [-0.3, -0.25) is 0 Å². The molecular formula is C18H31NO2. The molecule has 3 heteroatoms. The molecule has 0 radical (unpaired) electrons. The Labute approximate surface area is 130 Å². The summed E-state index contributed by atoms with van der Waals surface area (Å²) < 4.78 is 10.8. The Bertz CT molecular complexity index is 368. The van der Waals surface area contributed by atoms with Crippen LogP contribution in [0.3, 0.4) is 0 Å². The third-order valence-corrected chi connectivity index (χ3v) is 3.30. The van der Waals surface area contributed by atoms with Gasteiger partial charge in [0.15, 0.2) is 0 Å². The van der Waals surface area contributed by atoms with E-state index in [1.807, 2.05) is 12.1 Å². The number of benzene rings is 1. The van der Waals surface area contributed by atoms with E-state index < -0.39 is 0 Å². The van der Waals surface area contributed by atoms with Gasteiger partial charge in [0.2, 0.25) is 0 Å². The third kappa shape index (κ3) is 9.48. The predicted molar refractivity (Wildman–Crippen MR) is 88.9 cm³/mol. The highest BCUT2D eigenvalue weighted by Gasteiger charge is 2.06. The maximum absolute atomic E-state index is 5.70. The minimum Gasteiger partial charge on any atom is -0.497 e. The summed E-state index contributed by atoms with van der Waals surface area (Å²) in [6.07, 6.45) is 4.91. The van der Waals surface area contributed by atoms with Gasteiger partial charge in [0.25, 0.3) is 0 Å². The van der Waals surface area contributed by atoms with Crippen LogP contribution in [0.15, 0.2) is 24.3 Å². The van der Waals surface area contributed by atoms with Gasteiger partial charge in [0.05, 0.1) is 13.7 Å². The second-order valence-corrected chi connectivity index (χ2v) is 6.49. The van der Waals surface area contributed by atoms with Gasteiger partial charge in [-0.25, -0.2) is 0 Å². The molecule has 0 heterocycles. The number of unbranched alkanes of at least 4 members (excludes halogenated alkanes) is 3. The number of hydrogen-bond donors (Lipinski definition) is 1.